The molecule has 0 radical (unpaired) electrons. The quantitative estimate of drug-likeness (QED) is 0.883. The van der Waals surface area contributed by atoms with Crippen LogP contribution in [0, 0.1) is 16.7 Å². The molecule has 124 valence electrons. The number of nitrogens with zero attached hydrogens (tertiary/aromatic N) is 3. The highest BCUT2D eigenvalue weighted by Crippen LogP contribution is 2.54. The van der Waals surface area contributed by atoms with Crippen LogP contribution in [0.25, 0.3) is 11.0 Å². The van der Waals surface area contributed by atoms with Crippen molar-refractivity contribution in [3.8, 4) is 6.07 Å². The Kier molecular flexibility index (Phi) is 3.36. The van der Waals surface area contributed by atoms with Crippen LogP contribution in [-0.4, -0.2) is 28.2 Å². The van der Waals surface area contributed by atoms with Crippen molar-refractivity contribution in [2.24, 2.45) is 5.41 Å². The van der Waals surface area contributed by atoms with E-state index in [0.717, 1.165) is 25.9 Å². The Morgan fingerprint density at radius 3 is 2.62 bits per heavy atom. The lowest BCUT2D eigenvalue weighted by atomic mass is 9.93. The lowest BCUT2D eigenvalue weighted by Crippen LogP contribution is -2.36. The van der Waals surface area contributed by atoms with Crippen LogP contribution >= 0.6 is 0 Å². The normalized spacial score (nSPS) is 20.1. The molecule has 2 aromatic heterocycles. The van der Waals surface area contributed by atoms with Crippen molar-refractivity contribution >= 4 is 16.7 Å². The second-order valence-corrected chi connectivity index (χ2v) is 7.08. The maximum absolute atomic E-state index is 12.3. The maximum Gasteiger partial charge on any atom is 0.268 e. The molecule has 2 fully saturated rings. The highest BCUT2D eigenvalue weighted by atomic mass is 16.3. The lowest BCUT2D eigenvalue weighted by molar-refractivity contribution is 0.195. The zero-order chi connectivity index (χ0) is 16.9. The van der Waals surface area contributed by atoms with Gasteiger partial charge in [-0.3, -0.25) is 4.79 Å². The Labute approximate surface area is 139 Å². The molecular weight excluding hydrogens is 304 g/mol. The van der Waals surface area contributed by atoms with Crippen molar-refractivity contribution in [1.82, 2.24) is 9.97 Å². The number of nitrogens with one attached hydrogen (secondary N) is 1. The molecule has 6 nitrogen and oxygen atoms in total. The van der Waals surface area contributed by atoms with E-state index < -0.39 is 6.10 Å². The third-order valence-electron chi connectivity index (χ3n) is 5.49. The Hall–Kier alpha value is -2.39. The average molecular weight is 324 g/mol. The van der Waals surface area contributed by atoms with Crippen molar-refractivity contribution < 1.29 is 5.11 Å². The van der Waals surface area contributed by atoms with Gasteiger partial charge in [0.25, 0.3) is 5.56 Å². The number of hydrogen-bond donors (Lipinski definition) is 2. The van der Waals surface area contributed by atoms with Crippen molar-refractivity contribution in [3.05, 3.63) is 33.7 Å². The minimum atomic E-state index is -0.698. The molecule has 1 aliphatic carbocycles. The second-order valence-electron chi connectivity index (χ2n) is 7.08. The fourth-order valence-electron chi connectivity index (χ4n) is 3.69. The molecule has 0 bridgehead atoms. The van der Waals surface area contributed by atoms with Gasteiger partial charge in [0.05, 0.1) is 23.0 Å². The molecule has 24 heavy (non-hydrogen) atoms. The summed E-state index contributed by atoms with van der Waals surface area (Å²) in [4.78, 5) is 21.7. The van der Waals surface area contributed by atoms with Gasteiger partial charge in [-0.15, -0.1) is 0 Å². The largest absolute Gasteiger partial charge is 0.387 e. The summed E-state index contributed by atoms with van der Waals surface area (Å²) in [6.07, 6.45) is 4.10. The number of rotatable bonds is 2. The van der Waals surface area contributed by atoms with E-state index in [2.05, 4.69) is 20.9 Å². The Morgan fingerprint density at radius 1 is 1.33 bits per heavy atom. The highest BCUT2D eigenvalue weighted by molar-refractivity contribution is 5.91. The van der Waals surface area contributed by atoms with Gasteiger partial charge in [-0.1, -0.05) is 0 Å². The van der Waals surface area contributed by atoms with E-state index in [4.69, 9.17) is 0 Å². The minimum absolute atomic E-state index is 0.115. The summed E-state index contributed by atoms with van der Waals surface area (Å²) in [6.45, 7) is 3.34. The zero-order valence-electron chi connectivity index (χ0n) is 13.7. The van der Waals surface area contributed by atoms with Crippen LogP contribution in [0.15, 0.2) is 16.9 Å². The third-order valence-corrected chi connectivity index (χ3v) is 5.49. The smallest absolute Gasteiger partial charge is 0.268 e. The standard InChI is InChI=1S/C18H20N4O2/c1-11(23)13-2-3-14-15(20-13)16(12(10-19)17(24)21-14)22-8-6-18(4-5-18)7-9-22/h2-3,11,23H,4-9H2,1H3,(H,21,24). The molecule has 1 aliphatic heterocycles. The number of aromatic amines is 1. The summed E-state index contributed by atoms with van der Waals surface area (Å²) in [5.41, 5.74) is 2.60. The van der Waals surface area contributed by atoms with Crippen LogP contribution in [0.5, 0.6) is 0 Å². The first-order valence-electron chi connectivity index (χ1n) is 8.43. The summed E-state index contributed by atoms with van der Waals surface area (Å²) in [7, 11) is 0. The molecule has 1 saturated carbocycles. The molecule has 2 aromatic rings. The number of hydrogen-bond acceptors (Lipinski definition) is 5. The van der Waals surface area contributed by atoms with Gasteiger partial charge in [-0.25, -0.2) is 4.98 Å². The molecule has 1 atom stereocenters. The van der Waals surface area contributed by atoms with E-state index in [9.17, 15) is 15.2 Å². The number of aliphatic hydroxyl groups excluding tert-OH is 1. The number of anilines is 1. The van der Waals surface area contributed by atoms with Crippen LogP contribution in [0.3, 0.4) is 0 Å². The molecule has 0 aromatic carbocycles. The fourth-order valence-corrected chi connectivity index (χ4v) is 3.69. The lowest BCUT2D eigenvalue weighted by Gasteiger charge is -2.34. The molecule has 1 unspecified atom stereocenters. The predicted molar refractivity (Wildman–Crippen MR) is 90.8 cm³/mol. The summed E-state index contributed by atoms with van der Waals surface area (Å²) < 4.78 is 0. The van der Waals surface area contributed by atoms with Gasteiger partial charge in [0, 0.05) is 13.1 Å². The van der Waals surface area contributed by atoms with E-state index >= 15 is 0 Å². The molecule has 2 aliphatic rings. The number of pyridine rings is 2. The molecule has 4 rings (SSSR count). The fraction of sp³-hybridized carbons (Fsp3) is 0.500. The summed E-state index contributed by atoms with van der Waals surface area (Å²) in [5.74, 6) is 0. The van der Waals surface area contributed by atoms with E-state index in [-0.39, 0.29) is 11.1 Å². The predicted octanol–water partition coefficient (Wildman–Crippen LogP) is 2.23. The highest BCUT2D eigenvalue weighted by Gasteiger charge is 2.44. The maximum atomic E-state index is 12.3. The van der Waals surface area contributed by atoms with Gasteiger partial charge in [-0.05, 0) is 50.2 Å². The van der Waals surface area contributed by atoms with Crippen LogP contribution < -0.4 is 10.5 Å². The molecule has 1 spiro atoms. The number of nitriles is 1. The summed E-state index contributed by atoms with van der Waals surface area (Å²) in [6, 6.07) is 5.51. The first-order chi connectivity index (χ1) is 11.5. The molecule has 6 heteroatoms. The van der Waals surface area contributed by atoms with Gasteiger partial charge < -0.3 is 15.0 Å². The average Bonchev–Trinajstić information content (AvgIpc) is 3.33. The van der Waals surface area contributed by atoms with Gasteiger partial charge in [0.2, 0.25) is 0 Å². The first kappa shape index (κ1) is 15.2. The summed E-state index contributed by atoms with van der Waals surface area (Å²) in [5, 5.41) is 19.3. The van der Waals surface area contributed by atoms with E-state index in [1.165, 1.54) is 12.8 Å². The minimum Gasteiger partial charge on any atom is -0.387 e. The van der Waals surface area contributed by atoms with Crippen LogP contribution in [0.2, 0.25) is 0 Å². The molecule has 0 amide bonds. The van der Waals surface area contributed by atoms with Gasteiger partial charge in [-0.2, -0.15) is 5.26 Å². The van der Waals surface area contributed by atoms with E-state index in [1.54, 1.807) is 19.1 Å². The molecule has 1 saturated heterocycles. The van der Waals surface area contributed by atoms with Crippen LogP contribution in [0.1, 0.15) is 50.0 Å². The van der Waals surface area contributed by atoms with Crippen LogP contribution in [0.4, 0.5) is 5.69 Å². The SMILES string of the molecule is CC(O)c1ccc2[nH]c(=O)c(C#N)c(N3CCC4(CC3)CC4)c2n1. The van der Waals surface area contributed by atoms with E-state index in [0.29, 0.717) is 27.8 Å². The third kappa shape index (κ3) is 2.36. The van der Waals surface area contributed by atoms with Crippen LogP contribution in [-0.2, 0) is 0 Å². The molecule has 3 heterocycles. The van der Waals surface area contributed by atoms with Gasteiger partial charge in [0.1, 0.15) is 17.1 Å². The van der Waals surface area contributed by atoms with Crippen molar-refractivity contribution in [1.29, 1.82) is 5.26 Å². The molecule has 2 N–H and O–H groups in total. The zero-order valence-corrected chi connectivity index (χ0v) is 13.7. The van der Waals surface area contributed by atoms with Crippen molar-refractivity contribution in [2.45, 2.75) is 38.7 Å². The monoisotopic (exact) mass is 324 g/mol. The number of aromatic nitrogens is 2. The second kappa shape index (κ2) is 5.32. The van der Waals surface area contributed by atoms with Gasteiger partial charge >= 0.3 is 0 Å². The van der Waals surface area contributed by atoms with Gasteiger partial charge in [0.15, 0.2) is 0 Å². The molecular formula is C18H20N4O2. The number of H-pyrrole nitrogens is 1. The van der Waals surface area contributed by atoms with E-state index in [1.807, 2.05) is 0 Å². The Bertz CT molecular complexity index is 896. The Morgan fingerprint density at radius 2 is 2.04 bits per heavy atom. The Balaban J connectivity index is 1.88. The van der Waals surface area contributed by atoms with Crippen molar-refractivity contribution in [2.75, 3.05) is 18.0 Å². The number of aliphatic hydroxyl groups is 1. The number of piperidine rings is 1. The van der Waals surface area contributed by atoms with Crippen molar-refractivity contribution in [3.63, 3.8) is 0 Å². The summed E-state index contributed by atoms with van der Waals surface area (Å²) >= 11 is 0. The first-order valence-corrected chi connectivity index (χ1v) is 8.43. The topological polar surface area (TPSA) is 93.0 Å². The number of fused-ring (bicyclic) bond motifs is 1.